The first-order valence-electron chi connectivity index (χ1n) is 12.0. The Morgan fingerprint density at radius 3 is 2.71 bits per heavy atom. The Morgan fingerprint density at radius 1 is 1.21 bits per heavy atom. The van der Waals surface area contributed by atoms with Crippen molar-refractivity contribution in [3.05, 3.63) is 22.7 Å². The first kappa shape index (κ1) is 26.4. The van der Waals surface area contributed by atoms with Crippen LogP contribution in [0.15, 0.2) is 12.1 Å². The maximum Gasteiger partial charge on any atom is 0.409 e. The lowest BCUT2D eigenvalue weighted by molar-refractivity contribution is 0.00273. The molecule has 2 aliphatic rings. The number of anilines is 1. The Bertz CT molecular complexity index is 855. The predicted octanol–water partition coefficient (Wildman–Crippen LogP) is 3.15. The van der Waals surface area contributed by atoms with E-state index in [1.54, 1.807) is 13.2 Å². The molecular formula is C24H37ClN4O5. The molecule has 34 heavy (non-hydrogen) atoms. The molecule has 0 radical (unpaired) electrons. The number of nitrogens with two attached hydrogens (primary N) is 1. The third kappa shape index (κ3) is 6.46. The number of ether oxygens (including phenoxy) is 3. The molecule has 0 bridgehead atoms. The summed E-state index contributed by atoms with van der Waals surface area (Å²) in [5.41, 5.74) is 6.53. The Kier molecular flexibility index (Phi) is 9.67. The zero-order valence-electron chi connectivity index (χ0n) is 20.3. The number of nitrogens with zero attached hydrogens (tertiary/aromatic N) is 2. The van der Waals surface area contributed by atoms with Crippen LogP contribution in [0, 0.1) is 0 Å². The van der Waals surface area contributed by atoms with Gasteiger partial charge in [0.2, 0.25) is 0 Å². The van der Waals surface area contributed by atoms with Gasteiger partial charge in [-0.05, 0) is 45.1 Å². The van der Waals surface area contributed by atoms with Gasteiger partial charge in [-0.25, -0.2) is 4.79 Å². The summed E-state index contributed by atoms with van der Waals surface area (Å²) in [5.74, 6) is 0.107. The van der Waals surface area contributed by atoms with Crippen molar-refractivity contribution >= 4 is 29.3 Å². The molecule has 2 amide bonds. The van der Waals surface area contributed by atoms with Crippen LogP contribution < -0.4 is 15.8 Å². The van der Waals surface area contributed by atoms with Gasteiger partial charge in [0.1, 0.15) is 5.75 Å². The summed E-state index contributed by atoms with van der Waals surface area (Å²) in [5, 5.41) is 3.39. The van der Waals surface area contributed by atoms with E-state index in [9.17, 15) is 9.59 Å². The van der Waals surface area contributed by atoms with Gasteiger partial charge in [0.15, 0.2) is 0 Å². The molecule has 0 spiro atoms. The van der Waals surface area contributed by atoms with Gasteiger partial charge < -0.3 is 35.1 Å². The van der Waals surface area contributed by atoms with Gasteiger partial charge in [0.25, 0.3) is 5.91 Å². The van der Waals surface area contributed by atoms with Crippen molar-refractivity contribution in [2.75, 3.05) is 52.7 Å². The first-order chi connectivity index (χ1) is 16.4. The van der Waals surface area contributed by atoms with Crippen LogP contribution in [0.4, 0.5) is 10.5 Å². The van der Waals surface area contributed by atoms with E-state index in [1.165, 1.54) is 13.2 Å². The number of amides is 2. The van der Waals surface area contributed by atoms with Crippen LogP contribution in [0.5, 0.6) is 5.75 Å². The van der Waals surface area contributed by atoms with Crippen LogP contribution in [0.3, 0.4) is 0 Å². The molecule has 1 aromatic rings. The number of carbonyl (C=O) groups is 2. The highest BCUT2D eigenvalue weighted by molar-refractivity contribution is 6.33. The number of hydrogen-bond acceptors (Lipinski definition) is 7. The van der Waals surface area contributed by atoms with Crippen molar-refractivity contribution in [1.82, 2.24) is 15.1 Å². The van der Waals surface area contributed by atoms with Crippen LogP contribution >= 0.6 is 11.6 Å². The molecule has 3 N–H and O–H groups in total. The molecule has 2 saturated heterocycles. The SMILES string of the molecule is CCOC(=O)N1CCCCC1CCN1CC[C@@H](NC(=O)c2cc(Cl)c(N)cc2OC)[C@@H](OC)C1. The fourth-order valence-corrected chi connectivity index (χ4v) is 4.99. The van der Waals surface area contributed by atoms with Crippen molar-refractivity contribution < 1.29 is 23.8 Å². The molecule has 0 aromatic heterocycles. The molecule has 3 rings (SSSR count). The zero-order valence-corrected chi connectivity index (χ0v) is 21.1. The lowest BCUT2D eigenvalue weighted by Gasteiger charge is -2.40. The van der Waals surface area contributed by atoms with E-state index in [2.05, 4.69) is 10.2 Å². The molecule has 10 heteroatoms. The number of halogens is 1. The maximum absolute atomic E-state index is 13.0. The van der Waals surface area contributed by atoms with Gasteiger partial charge in [-0.15, -0.1) is 0 Å². The Balaban J connectivity index is 1.56. The predicted molar refractivity (Wildman–Crippen MR) is 132 cm³/mol. The fraction of sp³-hybridized carbons (Fsp3) is 0.667. The molecule has 3 atom stereocenters. The largest absolute Gasteiger partial charge is 0.496 e. The van der Waals surface area contributed by atoms with Crippen LogP contribution in [-0.2, 0) is 9.47 Å². The van der Waals surface area contributed by atoms with Crippen molar-refractivity contribution in [1.29, 1.82) is 0 Å². The van der Waals surface area contributed by atoms with E-state index in [1.807, 2.05) is 11.8 Å². The van der Waals surface area contributed by atoms with Crippen LogP contribution in [-0.4, -0.2) is 87.0 Å². The Labute approximate surface area is 206 Å². The number of likely N-dealkylation sites (tertiary alicyclic amines) is 2. The van der Waals surface area contributed by atoms with Crippen molar-refractivity contribution in [2.24, 2.45) is 0 Å². The summed E-state index contributed by atoms with van der Waals surface area (Å²) in [6.07, 6.45) is 4.45. The Morgan fingerprint density at radius 2 is 2.00 bits per heavy atom. The van der Waals surface area contributed by atoms with Gasteiger partial charge in [-0.2, -0.15) is 0 Å². The summed E-state index contributed by atoms with van der Waals surface area (Å²) >= 11 is 6.13. The molecule has 9 nitrogen and oxygen atoms in total. The molecule has 1 unspecified atom stereocenters. The lowest BCUT2D eigenvalue weighted by Crippen LogP contribution is -2.55. The fourth-order valence-electron chi connectivity index (χ4n) is 4.83. The summed E-state index contributed by atoms with van der Waals surface area (Å²) in [6, 6.07) is 3.15. The normalized spacial score (nSPS) is 23.4. The molecule has 0 saturated carbocycles. The third-order valence-electron chi connectivity index (χ3n) is 6.73. The minimum absolute atomic E-state index is 0.138. The monoisotopic (exact) mass is 496 g/mol. The van der Waals surface area contributed by atoms with Crippen LogP contribution in [0.2, 0.25) is 5.02 Å². The number of carbonyl (C=O) groups excluding carboxylic acids is 2. The Hall–Kier alpha value is -2.23. The molecule has 2 heterocycles. The molecule has 2 fully saturated rings. The van der Waals surface area contributed by atoms with Gasteiger partial charge in [-0.3, -0.25) is 4.79 Å². The lowest BCUT2D eigenvalue weighted by atomic mass is 9.97. The number of piperidine rings is 2. The van der Waals surface area contributed by atoms with Gasteiger partial charge in [-0.1, -0.05) is 11.6 Å². The third-order valence-corrected chi connectivity index (χ3v) is 7.06. The van der Waals surface area contributed by atoms with E-state index in [-0.39, 0.29) is 30.2 Å². The van der Waals surface area contributed by atoms with Crippen LogP contribution in [0.1, 0.15) is 49.4 Å². The highest BCUT2D eigenvalue weighted by Crippen LogP contribution is 2.29. The average Bonchev–Trinajstić information content (AvgIpc) is 2.84. The number of nitrogen functional groups attached to an aromatic ring is 1. The van der Waals surface area contributed by atoms with Gasteiger partial charge in [0.05, 0.1) is 42.1 Å². The first-order valence-corrected chi connectivity index (χ1v) is 12.4. The second kappa shape index (κ2) is 12.5. The number of benzene rings is 1. The highest BCUT2D eigenvalue weighted by Gasteiger charge is 2.33. The minimum atomic E-state index is -0.272. The van der Waals surface area contributed by atoms with E-state index in [4.69, 9.17) is 31.5 Å². The summed E-state index contributed by atoms with van der Waals surface area (Å²) in [6.45, 7) is 5.39. The zero-order chi connectivity index (χ0) is 24.7. The molecule has 1 aromatic carbocycles. The summed E-state index contributed by atoms with van der Waals surface area (Å²) in [7, 11) is 3.16. The number of hydrogen-bond donors (Lipinski definition) is 2. The molecule has 2 aliphatic heterocycles. The second-order valence-corrected chi connectivity index (χ2v) is 9.26. The number of nitrogens with one attached hydrogen (secondary N) is 1. The van der Waals surface area contributed by atoms with Crippen molar-refractivity contribution in [3.63, 3.8) is 0 Å². The summed E-state index contributed by atoms with van der Waals surface area (Å²) < 4.78 is 16.3. The van der Waals surface area contributed by atoms with Gasteiger partial charge in [0, 0.05) is 45.4 Å². The average molecular weight is 497 g/mol. The molecule has 0 aliphatic carbocycles. The standard InChI is InChI=1S/C24H37ClN4O5/c1-4-34-24(31)29-10-6-5-7-16(29)8-11-28-12-9-20(22(15-28)33-3)27-23(30)17-13-18(25)19(26)14-21(17)32-2/h13-14,16,20,22H,4-12,15,26H2,1-3H3,(H,27,30)/t16?,20-,22+/m1/s1. The number of rotatable bonds is 8. The van der Waals surface area contributed by atoms with E-state index in [0.29, 0.717) is 35.2 Å². The maximum atomic E-state index is 13.0. The van der Waals surface area contributed by atoms with Crippen molar-refractivity contribution in [2.45, 2.75) is 57.2 Å². The second-order valence-electron chi connectivity index (χ2n) is 8.85. The van der Waals surface area contributed by atoms with E-state index >= 15 is 0 Å². The smallest absolute Gasteiger partial charge is 0.409 e. The topological polar surface area (TPSA) is 106 Å². The molecule has 190 valence electrons. The quantitative estimate of drug-likeness (QED) is 0.532. The van der Waals surface area contributed by atoms with Crippen molar-refractivity contribution in [3.8, 4) is 5.75 Å². The summed E-state index contributed by atoms with van der Waals surface area (Å²) in [4.78, 5) is 29.5. The molecular weight excluding hydrogens is 460 g/mol. The minimum Gasteiger partial charge on any atom is -0.496 e. The number of methoxy groups -OCH3 is 2. The van der Waals surface area contributed by atoms with Crippen LogP contribution in [0.25, 0.3) is 0 Å². The highest BCUT2D eigenvalue weighted by atomic mass is 35.5. The van der Waals surface area contributed by atoms with E-state index in [0.717, 1.165) is 51.7 Å². The van der Waals surface area contributed by atoms with Gasteiger partial charge >= 0.3 is 6.09 Å². The van der Waals surface area contributed by atoms with E-state index < -0.39 is 0 Å².